The minimum atomic E-state index is -0.332. The summed E-state index contributed by atoms with van der Waals surface area (Å²) < 4.78 is 13.0. The molecule has 0 aliphatic carbocycles. The van der Waals surface area contributed by atoms with E-state index in [1.807, 2.05) is 6.07 Å². The van der Waals surface area contributed by atoms with Crippen molar-refractivity contribution in [2.24, 2.45) is 0 Å². The van der Waals surface area contributed by atoms with Crippen LogP contribution in [0, 0.1) is 5.82 Å². The van der Waals surface area contributed by atoms with Gasteiger partial charge in [0, 0.05) is 11.6 Å². The van der Waals surface area contributed by atoms with Crippen molar-refractivity contribution in [3.8, 4) is 17.0 Å². The van der Waals surface area contributed by atoms with Gasteiger partial charge in [-0.05, 0) is 24.3 Å². The second-order valence-electron chi connectivity index (χ2n) is 3.94. The smallest absolute Gasteiger partial charge is 0.125 e. The van der Waals surface area contributed by atoms with E-state index in [0.717, 1.165) is 5.56 Å². The van der Waals surface area contributed by atoms with Crippen LogP contribution in [-0.4, -0.2) is 15.1 Å². The molecule has 0 aliphatic rings. The van der Waals surface area contributed by atoms with Crippen molar-refractivity contribution in [1.82, 2.24) is 9.97 Å². The average molecular weight is 240 g/mol. The van der Waals surface area contributed by atoms with Gasteiger partial charge < -0.3 is 5.11 Å². The fourth-order valence-corrected chi connectivity index (χ4v) is 1.79. The molecule has 0 unspecified atom stereocenters. The van der Waals surface area contributed by atoms with Gasteiger partial charge in [0.05, 0.1) is 22.9 Å². The lowest BCUT2D eigenvalue weighted by Gasteiger charge is -2.03. The Hall–Kier alpha value is -2.49. The van der Waals surface area contributed by atoms with Crippen molar-refractivity contribution in [3.05, 3.63) is 54.5 Å². The van der Waals surface area contributed by atoms with Crippen LogP contribution in [0.4, 0.5) is 4.39 Å². The molecular weight excluding hydrogens is 231 g/mol. The fourth-order valence-electron chi connectivity index (χ4n) is 1.79. The van der Waals surface area contributed by atoms with Gasteiger partial charge in [0.25, 0.3) is 0 Å². The first kappa shape index (κ1) is 10.7. The number of fused-ring (bicyclic) bond motifs is 1. The molecule has 88 valence electrons. The summed E-state index contributed by atoms with van der Waals surface area (Å²) in [6.07, 6.45) is 1.57. The summed E-state index contributed by atoms with van der Waals surface area (Å²) in [5.74, 6) is -0.157. The van der Waals surface area contributed by atoms with E-state index in [1.165, 1.54) is 12.1 Å². The van der Waals surface area contributed by atoms with E-state index < -0.39 is 0 Å². The molecule has 2 aromatic carbocycles. The number of phenols is 1. The topological polar surface area (TPSA) is 46.0 Å². The molecule has 0 saturated heterocycles. The molecule has 1 aromatic heterocycles. The van der Waals surface area contributed by atoms with Crippen LogP contribution >= 0.6 is 0 Å². The van der Waals surface area contributed by atoms with E-state index >= 15 is 0 Å². The maximum Gasteiger partial charge on any atom is 0.125 e. The Labute approximate surface area is 103 Å². The standard InChI is InChI=1S/C14H9FN2O/c15-10-4-5-12-13(7-10)16-8-14(17-12)9-2-1-3-11(18)6-9/h1-8,18H. The predicted octanol–water partition coefficient (Wildman–Crippen LogP) is 3.14. The lowest BCUT2D eigenvalue weighted by atomic mass is 10.1. The Balaban J connectivity index is 2.16. The van der Waals surface area contributed by atoms with Gasteiger partial charge in [-0.15, -0.1) is 0 Å². The van der Waals surface area contributed by atoms with E-state index in [0.29, 0.717) is 16.7 Å². The normalized spacial score (nSPS) is 10.7. The molecule has 0 spiro atoms. The number of aromatic nitrogens is 2. The minimum absolute atomic E-state index is 0.175. The predicted molar refractivity (Wildman–Crippen MR) is 66.6 cm³/mol. The molecule has 1 N–H and O–H groups in total. The first-order chi connectivity index (χ1) is 8.72. The zero-order chi connectivity index (χ0) is 12.5. The maximum atomic E-state index is 13.0. The second kappa shape index (κ2) is 4.07. The van der Waals surface area contributed by atoms with Gasteiger partial charge >= 0.3 is 0 Å². The van der Waals surface area contributed by atoms with Crippen molar-refractivity contribution in [1.29, 1.82) is 0 Å². The van der Waals surface area contributed by atoms with Gasteiger partial charge in [-0.25, -0.2) is 9.37 Å². The average Bonchev–Trinajstić information content (AvgIpc) is 2.38. The SMILES string of the molecule is Oc1cccc(-c2cnc3cc(F)ccc3n2)c1. The summed E-state index contributed by atoms with van der Waals surface area (Å²) in [5.41, 5.74) is 2.55. The van der Waals surface area contributed by atoms with Crippen molar-refractivity contribution in [2.45, 2.75) is 0 Å². The third kappa shape index (κ3) is 1.88. The summed E-state index contributed by atoms with van der Waals surface area (Å²) >= 11 is 0. The number of hydrogen-bond acceptors (Lipinski definition) is 3. The molecule has 0 saturated carbocycles. The van der Waals surface area contributed by atoms with Crippen LogP contribution < -0.4 is 0 Å². The third-order valence-electron chi connectivity index (χ3n) is 2.65. The molecule has 3 rings (SSSR count). The molecule has 4 heteroatoms. The molecule has 18 heavy (non-hydrogen) atoms. The maximum absolute atomic E-state index is 13.0. The highest BCUT2D eigenvalue weighted by atomic mass is 19.1. The van der Waals surface area contributed by atoms with E-state index in [-0.39, 0.29) is 11.6 Å². The zero-order valence-electron chi connectivity index (χ0n) is 9.34. The van der Waals surface area contributed by atoms with Crippen LogP contribution in [0.25, 0.3) is 22.3 Å². The molecule has 3 aromatic rings. The highest BCUT2D eigenvalue weighted by Gasteiger charge is 2.04. The highest BCUT2D eigenvalue weighted by molar-refractivity contribution is 5.77. The van der Waals surface area contributed by atoms with Crippen LogP contribution in [0.5, 0.6) is 5.75 Å². The summed E-state index contributed by atoms with van der Waals surface area (Å²) in [6, 6.07) is 11.1. The number of hydrogen-bond donors (Lipinski definition) is 1. The largest absolute Gasteiger partial charge is 0.508 e. The van der Waals surface area contributed by atoms with E-state index in [1.54, 1.807) is 30.5 Å². The summed E-state index contributed by atoms with van der Waals surface area (Å²) in [4.78, 5) is 8.55. The molecule has 1 heterocycles. The van der Waals surface area contributed by atoms with Gasteiger partial charge in [0.1, 0.15) is 11.6 Å². The Morgan fingerprint density at radius 3 is 2.72 bits per heavy atom. The fraction of sp³-hybridized carbons (Fsp3) is 0. The van der Waals surface area contributed by atoms with Gasteiger partial charge in [-0.2, -0.15) is 0 Å². The van der Waals surface area contributed by atoms with Crippen LogP contribution in [-0.2, 0) is 0 Å². The number of rotatable bonds is 1. The molecule has 0 aliphatic heterocycles. The first-order valence-corrected chi connectivity index (χ1v) is 5.44. The zero-order valence-corrected chi connectivity index (χ0v) is 9.34. The van der Waals surface area contributed by atoms with Crippen molar-refractivity contribution >= 4 is 11.0 Å². The van der Waals surface area contributed by atoms with Crippen molar-refractivity contribution in [2.75, 3.05) is 0 Å². The van der Waals surface area contributed by atoms with Gasteiger partial charge in [-0.3, -0.25) is 4.98 Å². The number of benzene rings is 2. The number of halogens is 1. The Kier molecular flexibility index (Phi) is 2.41. The lowest BCUT2D eigenvalue weighted by Crippen LogP contribution is -1.89. The quantitative estimate of drug-likeness (QED) is 0.710. The Morgan fingerprint density at radius 2 is 1.89 bits per heavy atom. The summed E-state index contributed by atoms with van der Waals surface area (Å²) in [6.45, 7) is 0. The number of aromatic hydroxyl groups is 1. The molecule has 0 amide bonds. The molecule has 0 fully saturated rings. The number of phenolic OH excluding ortho intramolecular Hbond substituents is 1. The van der Waals surface area contributed by atoms with E-state index in [4.69, 9.17) is 0 Å². The summed E-state index contributed by atoms with van der Waals surface area (Å²) in [5, 5.41) is 9.43. The van der Waals surface area contributed by atoms with Crippen LogP contribution in [0.1, 0.15) is 0 Å². The van der Waals surface area contributed by atoms with Crippen LogP contribution in [0.2, 0.25) is 0 Å². The molecule has 0 atom stereocenters. The molecule has 0 bridgehead atoms. The Morgan fingerprint density at radius 1 is 1.00 bits per heavy atom. The van der Waals surface area contributed by atoms with Gasteiger partial charge in [-0.1, -0.05) is 12.1 Å². The van der Waals surface area contributed by atoms with E-state index in [9.17, 15) is 9.50 Å². The highest BCUT2D eigenvalue weighted by Crippen LogP contribution is 2.22. The minimum Gasteiger partial charge on any atom is -0.508 e. The van der Waals surface area contributed by atoms with Gasteiger partial charge in [0.2, 0.25) is 0 Å². The second-order valence-corrected chi connectivity index (χ2v) is 3.94. The third-order valence-corrected chi connectivity index (χ3v) is 2.65. The van der Waals surface area contributed by atoms with Crippen LogP contribution in [0.3, 0.4) is 0 Å². The lowest BCUT2D eigenvalue weighted by molar-refractivity contribution is 0.475. The molecule has 3 nitrogen and oxygen atoms in total. The first-order valence-electron chi connectivity index (χ1n) is 5.44. The van der Waals surface area contributed by atoms with Crippen molar-refractivity contribution < 1.29 is 9.50 Å². The summed E-state index contributed by atoms with van der Waals surface area (Å²) in [7, 11) is 0. The van der Waals surface area contributed by atoms with Crippen LogP contribution in [0.15, 0.2) is 48.7 Å². The number of nitrogens with zero attached hydrogens (tertiary/aromatic N) is 2. The van der Waals surface area contributed by atoms with Crippen molar-refractivity contribution in [3.63, 3.8) is 0 Å². The van der Waals surface area contributed by atoms with Gasteiger partial charge in [0.15, 0.2) is 0 Å². The molecule has 0 radical (unpaired) electrons. The van der Waals surface area contributed by atoms with E-state index in [2.05, 4.69) is 9.97 Å². The molecular formula is C14H9FN2O. The monoisotopic (exact) mass is 240 g/mol. The Bertz CT molecular complexity index is 728.